The van der Waals surface area contributed by atoms with Crippen molar-refractivity contribution >= 4 is 18.1 Å². The van der Waals surface area contributed by atoms with E-state index < -0.39 is 6.04 Å². The lowest BCUT2D eigenvalue weighted by molar-refractivity contribution is 0.0916. The monoisotopic (exact) mass is 546 g/mol. The molecule has 1 atom stereocenters. The van der Waals surface area contributed by atoms with Gasteiger partial charge in [0.05, 0.1) is 34.0 Å². The number of aliphatic hydroxyl groups is 2. The number of aliphatic hydroxyl groups excluding tert-OH is 2. The summed E-state index contributed by atoms with van der Waals surface area (Å²) in [5.41, 5.74) is 6.29. The molecule has 1 aromatic heterocycles. The summed E-state index contributed by atoms with van der Waals surface area (Å²) >= 11 is 0. The van der Waals surface area contributed by atoms with Crippen LogP contribution in [0.5, 0.6) is 17.2 Å². The number of hydrogen-bond acceptors (Lipinski definition) is 6. The van der Waals surface area contributed by atoms with Crippen LogP contribution in [-0.2, 0) is 12.8 Å². The maximum Gasteiger partial charge on any atom is 0.251 e. The molecule has 8 nitrogen and oxygen atoms in total. The van der Waals surface area contributed by atoms with E-state index in [1.807, 2.05) is 48.7 Å². The van der Waals surface area contributed by atoms with Gasteiger partial charge in [0, 0.05) is 24.1 Å². The summed E-state index contributed by atoms with van der Waals surface area (Å²) in [5, 5.41) is 22.3. The number of amides is 1. The zero-order chi connectivity index (χ0) is 28.5. The van der Waals surface area contributed by atoms with Crippen molar-refractivity contribution in [3.63, 3.8) is 0 Å². The highest BCUT2D eigenvalue weighted by Crippen LogP contribution is 2.41. The summed E-state index contributed by atoms with van der Waals surface area (Å²) in [7, 11) is 4.68. The van der Waals surface area contributed by atoms with E-state index >= 15 is 0 Å². The molecule has 0 fully saturated rings. The van der Waals surface area contributed by atoms with E-state index in [1.165, 1.54) is 5.69 Å². The van der Waals surface area contributed by atoms with E-state index in [0.29, 0.717) is 42.1 Å². The molecule has 0 radical (unpaired) electrons. The first-order chi connectivity index (χ1) is 19.5. The number of benzene rings is 2. The quantitative estimate of drug-likeness (QED) is 0.230. The number of aromatic amines is 1. The van der Waals surface area contributed by atoms with Gasteiger partial charge in [-0.2, -0.15) is 0 Å². The van der Waals surface area contributed by atoms with E-state index in [1.54, 1.807) is 21.3 Å². The molecule has 1 heterocycles. The number of fused-ring (bicyclic) bond motifs is 1. The first-order valence-corrected chi connectivity index (χ1v) is 13.5. The molecule has 40 heavy (non-hydrogen) atoms. The van der Waals surface area contributed by atoms with Gasteiger partial charge in [0.2, 0.25) is 5.75 Å². The number of nitrogens with one attached hydrogen (secondary N) is 2. The SMILES string of the molecule is COc1cc(-c2cc(/C=C\CCCO)cc(C(=O)N[C@@H](CO)Cc3c[nH]c4c3C=CCC4)c2)cc(OC)c1OC. The average Bonchev–Trinajstić information content (AvgIpc) is 3.40. The Bertz CT molecular complexity index is 1350. The molecule has 8 heteroatoms. The van der Waals surface area contributed by atoms with Crippen LogP contribution in [0.25, 0.3) is 23.3 Å². The third-order valence-corrected chi connectivity index (χ3v) is 7.01. The first-order valence-electron chi connectivity index (χ1n) is 13.5. The van der Waals surface area contributed by atoms with Crippen molar-refractivity contribution in [1.82, 2.24) is 10.3 Å². The fraction of sp³-hybridized carbons (Fsp3) is 0.344. The smallest absolute Gasteiger partial charge is 0.251 e. The van der Waals surface area contributed by atoms with Crippen molar-refractivity contribution in [3.05, 3.63) is 76.6 Å². The Morgan fingerprint density at radius 1 is 1.05 bits per heavy atom. The van der Waals surface area contributed by atoms with Crippen molar-refractivity contribution in [1.29, 1.82) is 0 Å². The number of H-pyrrole nitrogens is 1. The Morgan fingerprint density at radius 2 is 1.80 bits per heavy atom. The van der Waals surface area contributed by atoms with Gasteiger partial charge in [-0.1, -0.05) is 24.3 Å². The molecule has 1 aliphatic rings. The topological polar surface area (TPSA) is 113 Å². The third-order valence-electron chi connectivity index (χ3n) is 7.01. The second-order valence-corrected chi connectivity index (χ2v) is 9.73. The number of ether oxygens (including phenoxy) is 3. The summed E-state index contributed by atoms with van der Waals surface area (Å²) < 4.78 is 16.5. The predicted octanol–water partition coefficient (Wildman–Crippen LogP) is 4.79. The number of carbonyl (C=O) groups excluding carboxylic acids is 1. The summed E-state index contributed by atoms with van der Waals surface area (Å²) in [6, 6.07) is 8.86. The van der Waals surface area contributed by atoms with Crippen LogP contribution in [0.3, 0.4) is 0 Å². The Hall–Kier alpha value is -4.01. The van der Waals surface area contributed by atoms with Gasteiger partial charge in [0.25, 0.3) is 5.91 Å². The van der Waals surface area contributed by atoms with Gasteiger partial charge in [-0.3, -0.25) is 4.79 Å². The highest BCUT2D eigenvalue weighted by Gasteiger charge is 2.20. The lowest BCUT2D eigenvalue weighted by Crippen LogP contribution is -2.39. The standard InChI is InChI=1S/C32H38N2O6/c1-38-29-17-23(18-30(39-2)31(29)40-3)22-13-21(9-5-4-8-12-35)14-24(15-22)32(37)34-26(20-36)16-25-19-33-28-11-7-6-10-27(25)28/h5-6,9-10,13-15,17-19,26,33,35-36H,4,7-8,11-12,16,20H2,1-3H3,(H,34,37)/b9-5-/t26-/m1/s1. The maximum atomic E-state index is 13.5. The highest BCUT2D eigenvalue weighted by molar-refractivity contribution is 5.96. The maximum absolute atomic E-state index is 13.5. The Balaban J connectivity index is 1.65. The molecule has 2 aromatic carbocycles. The van der Waals surface area contributed by atoms with Gasteiger partial charge in [-0.05, 0) is 90.3 Å². The molecular weight excluding hydrogens is 508 g/mol. The molecular formula is C32H38N2O6. The van der Waals surface area contributed by atoms with Crippen molar-refractivity contribution in [2.75, 3.05) is 34.5 Å². The fourth-order valence-corrected chi connectivity index (χ4v) is 4.95. The number of aryl methyl sites for hydroxylation is 1. The summed E-state index contributed by atoms with van der Waals surface area (Å²) in [6.45, 7) is -0.0674. The lowest BCUT2D eigenvalue weighted by Gasteiger charge is -2.18. The molecule has 4 N–H and O–H groups in total. The number of methoxy groups -OCH3 is 3. The largest absolute Gasteiger partial charge is 0.493 e. The Labute approximate surface area is 235 Å². The van der Waals surface area contributed by atoms with Gasteiger partial charge < -0.3 is 34.7 Å². The van der Waals surface area contributed by atoms with Crippen molar-refractivity contribution in [3.8, 4) is 28.4 Å². The van der Waals surface area contributed by atoms with Crippen molar-refractivity contribution < 1.29 is 29.2 Å². The number of unbranched alkanes of at least 4 members (excludes halogenated alkanes) is 1. The number of rotatable bonds is 13. The molecule has 3 aromatic rings. The van der Waals surface area contributed by atoms with Gasteiger partial charge in [-0.25, -0.2) is 0 Å². The van der Waals surface area contributed by atoms with Gasteiger partial charge >= 0.3 is 0 Å². The molecule has 0 unspecified atom stereocenters. The molecule has 0 saturated carbocycles. The normalized spacial score (nSPS) is 13.2. The molecule has 4 rings (SSSR count). The minimum absolute atomic E-state index is 0.117. The van der Waals surface area contributed by atoms with Gasteiger partial charge in [-0.15, -0.1) is 0 Å². The molecule has 0 bridgehead atoms. The van der Waals surface area contributed by atoms with Crippen LogP contribution in [0.4, 0.5) is 0 Å². The van der Waals surface area contributed by atoms with Crippen LogP contribution in [-0.4, -0.2) is 61.7 Å². The molecule has 0 spiro atoms. The Morgan fingerprint density at radius 3 is 2.48 bits per heavy atom. The molecule has 1 aliphatic carbocycles. The Kier molecular flexibility index (Phi) is 10.0. The third kappa shape index (κ3) is 6.76. The molecule has 212 valence electrons. The van der Waals surface area contributed by atoms with Crippen molar-refractivity contribution in [2.24, 2.45) is 0 Å². The first kappa shape index (κ1) is 29.0. The molecule has 0 saturated heterocycles. The van der Waals surface area contributed by atoms with Crippen molar-refractivity contribution in [2.45, 2.75) is 38.1 Å². The molecule has 1 amide bonds. The molecule has 0 aliphatic heterocycles. The average molecular weight is 547 g/mol. The van der Waals surface area contributed by atoms with E-state index in [2.05, 4.69) is 22.5 Å². The second-order valence-electron chi connectivity index (χ2n) is 9.73. The lowest BCUT2D eigenvalue weighted by atomic mass is 9.97. The van der Waals surface area contributed by atoms with Crippen LogP contribution in [0.2, 0.25) is 0 Å². The zero-order valence-electron chi connectivity index (χ0n) is 23.3. The van der Waals surface area contributed by atoms with E-state index in [9.17, 15) is 9.90 Å². The van der Waals surface area contributed by atoms with E-state index in [-0.39, 0.29) is 19.1 Å². The second kappa shape index (κ2) is 13.9. The number of carbonyl (C=O) groups is 1. The van der Waals surface area contributed by atoms with E-state index in [4.69, 9.17) is 19.3 Å². The van der Waals surface area contributed by atoms with Crippen LogP contribution < -0.4 is 19.5 Å². The van der Waals surface area contributed by atoms with Crippen LogP contribution in [0.1, 0.15) is 52.0 Å². The number of hydrogen-bond donors (Lipinski definition) is 4. The van der Waals surface area contributed by atoms with Crippen LogP contribution in [0.15, 0.2) is 48.7 Å². The number of aromatic nitrogens is 1. The van der Waals surface area contributed by atoms with Crippen LogP contribution >= 0.6 is 0 Å². The fourth-order valence-electron chi connectivity index (χ4n) is 4.95. The minimum atomic E-state index is -0.448. The summed E-state index contributed by atoms with van der Waals surface area (Å²) in [4.78, 5) is 16.9. The van der Waals surface area contributed by atoms with Gasteiger partial charge in [0.15, 0.2) is 11.5 Å². The van der Waals surface area contributed by atoms with Crippen LogP contribution in [0, 0.1) is 0 Å². The zero-order valence-corrected chi connectivity index (χ0v) is 23.3. The highest BCUT2D eigenvalue weighted by atomic mass is 16.5. The summed E-state index contributed by atoms with van der Waals surface area (Å²) in [6.07, 6.45) is 14.0. The number of allylic oxidation sites excluding steroid dienone is 2. The predicted molar refractivity (Wildman–Crippen MR) is 157 cm³/mol. The van der Waals surface area contributed by atoms with Gasteiger partial charge in [0.1, 0.15) is 0 Å². The van der Waals surface area contributed by atoms with E-state index in [0.717, 1.165) is 40.7 Å². The summed E-state index contributed by atoms with van der Waals surface area (Å²) in [5.74, 6) is 1.23. The minimum Gasteiger partial charge on any atom is -0.493 e.